The molecule has 0 aliphatic rings. The minimum Gasteiger partial charge on any atom is -0.394 e. The molecular formula is C13H19N3OS. The number of nitrogens with zero attached hydrogens (tertiary/aromatic N) is 2. The van der Waals surface area contributed by atoms with Gasteiger partial charge in [0.25, 0.3) is 0 Å². The number of thiophene rings is 1. The largest absolute Gasteiger partial charge is 0.394 e. The zero-order valence-corrected chi connectivity index (χ0v) is 11.8. The summed E-state index contributed by atoms with van der Waals surface area (Å²) in [6.07, 6.45) is 2.59. The van der Waals surface area contributed by atoms with E-state index >= 15 is 0 Å². The highest BCUT2D eigenvalue weighted by molar-refractivity contribution is 7.18. The van der Waals surface area contributed by atoms with E-state index in [0.29, 0.717) is 5.92 Å². The average Bonchev–Trinajstić information content (AvgIpc) is 2.79. The average molecular weight is 265 g/mol. The Labute approximate surface area is 111 Å². The van der Waals surface area contributed by atoms with Crippen molar-refractivity contribution in [3.63, 3.8) is 0 Å². The van der Waals surface area contributed by atoms with Gasteiger partial charge in [0.1, 0.15) is 17.0 Å². The highest BCUT2D eigenvalue weighted by Crippen LogP contribution is 2.29. The molecule has 98 valence electrons. The molecule has 1 atom stereocenters. The first-order valence-electron chi connectivity index (χ1n) is 6.26. The van der Waals surface area contributed by atoms with Gasteiger partial charge in [-0.15, -0.1) is 11.3 Å². The Morgan fingerprint density at radius 1 is 1.39 bits per heavy atom. The Bertz CT molecular complexity index is 524. The van der Waals surface area contributed by atoms with Gasteiger partial charge in [0.05, 0.1) is 18.0 Å². The van der Waals surface area contributed by atoms with E-state index in [1.54, 1.807) is 17.7 Å². The molecular weight excluding hydrogens is 246 g/mol. The number of nitrogens with one attached hydrogen (secondary N) is 1. The third kappa shape index (κ3) is 2.62. The second-order valence-corrected chi connectivity index (χ2v) is 5.80. The Morgan fingerprint density at radius 3 is 2.78 bits per heavy atom. The summed E-state index contributed by atoms with van der Waals surface area (Å²) in [6, 6.07) is 2.16. The molecule has 0 spiro atoms. The summed E-state index contributed by atoms with van der Waals surface area (Å²) >= 11 is 1.70. The smallest absolute Gasteiger partial charge is 0.138 e. The van der Waals surface area contributed by atoms with Gasteiger partial charge in [-0.3, -0.25) is 0 Å². The lowest BCUT2D eigenvalue weighted by molar-refractivity contribution is 0.249. The van der Waals surface area contributed by atoms with Crippen molar-refractivity contribution in [1.29, 1.82) is 0 Å². The van der Waals surface area contributed by atoms with Gasteiger partial charge in [0.2, 0.25) is 0 Å². The number of hydrogen-bond acceptors (Lipinski definition) is 5. The first kappa shape index (κ1) is 13.2. The van der Waals surface area contributed by atoms with Gasteiger partial charge in [-0.25, -0.2) is 9.97 Å². The highest BCUT2D eigenvalue weighted by atomic mass is 32.1. The van der Waals surface area contributed by atoms with Crippen LogP contribution in [0.5, 0.6) is 0 Å². The number of aryl methyl sites for hydroxylation is 1. The molecule has 2 aromatic rings. The standard InChI is InChI=1S/C13H19N3OS/c1-4-9-5-10-12(14-7-15-13(10)18-9)16-11(6-17)8(2)3/h5,7-8,11,17H,4,6H2,1-3H3,(H,14,15,16)/t11-/m1/s1. The summed E-state index contributed by atoms with van der Waals surface area (Å²) in [4.78, 5) is 10.9. The van der Waals surface area contributed by atoms with Crippen molar-refractivity contribution >= 4 is 27.4 Å². The van der Waals surface area contributed by atoms with E-state index in [-0.39, 0.29) is 12.6 Å². The molecule has 2 rings (SSSR count). The maximum Gasteiger partial charge on any atom is 0.138 e. The normalized spacial score (nSPS) is 13.2. The maximum absolute atomic E-state index is 9.38. The van der Waals surface area contributed by atoms with Crippen LogP contribution in [0.2, 0.25) is 0 Å². The molecule has 18 heavy (non-hydrogen) atoms. The van der Waals surface area contributed by atoms with Crippen LogP contribution in [0.4, 0.5) is 5.82 Å². The molecule has 0 bridgehead atoms. The zero-order valence-electron chi connectivity index (χ0n) is 11.0. The van der Waals surface area contributed by atoms with E-state index in [4.69, 9.17) is 0 Å². The molecule has 0 aliphatic heterocycles. The first-order chi connectivity index (χ1) is 8.65. The third-order valence-corrected chi connectivity index (χ3v) is 4.24. The van der Waals surface area contributed by atoms with Crippen LogP contribution in [0.1, 0.15) is 25.6 Å². The van der Waals surface area contributed by atoms with Gasteiger partial charge in [-0.1, -0.05) is 20.8 Å². The van der Waals surface area contributed by atoms with Crippen LogP contribution in [-0.4, -0.2) is 27.7 Å². The molecule has 0 radical (unpaired) electrons. The van der Waals surface area contributed by atoms with Crippen molar-refractivity contribution in [3.8, 4) is 0 Å². The van der Waals surface area contributed by atoms with Crippen LogP contribution >= 0.6 is 11.3 Å². The van der Waals surface area contributed by atoms with Crippen LogP contribution in [0.15, 0.2) is 12.4 Å². The SMILES string of the molecule is CCc1cc2c(N[C@H](CO)C(C)C)ncnc2s1. The molecule has 0 saturated carbocycles. The molecule has 0 unspecified atom stereocenters. The second-order valence-electron chi connectivity index (χ2n) is 4.68. The summed E-state index contributed by atoms with van der Waals surface area (Å²) < 4.78 is 0. The Balaban J connectivity index is 2.35. The van der Waals surface area contributed by atoms with Crippen LogP contribution < -0.4 is 5.32 Å². The summed E-state index contributed by atoms with van der Waals surface area (Å²) in [6.45, 7) is 6.40. The Kier molecular flexibility index (Phi) is 4.14. The van der Waals surface area contributed by atoms with Gasteiger partial charge >= 0.3 is 0 Å². The molecule has 2 aromatic heterocycles. The predicted octanol–water partition coefficient (Wildman–Crippen LogP) is 2.68. The molecule has 4 nitrogen and oxygen atoms in total. The van der Waals surface area contributed by atoms with E-state index in [2.05, 4.69) is 42.1 Å². The van der Waals surface area contributed by atoms with Crippen molar-refractivity contribution in [2.45, 2.75) is 33.2 Å². The summed E-state index contributed by atoms with van der Waals surface area (Å²) in [5.41, 5.74) is 0. The monoisotopic (exact) mass is 265 g/mol. The zero-order chi connectivity index (χ0) is 13.1. The number of anilines is 1. The molecule has 5 heteroatoms. The quantitative estimate of drug-likeness (QED) is 0.872. The third-order valence-electron chi connectivity index (χ3n) is 3.05. The topological polar surface area (TPSA) is 58.0 Å². The predicted molar refractivity (Wildman–Crippen MR) is 76.1 cm³/mol. The highest BCUT2D eigenvalue weighted by Gasteiger charge is 2.15. The van der Waals surface area contributed by atoms with E-state index in [9.17, 15) is 5.11 Å². The van der Waals surface area contributed by atoms with Gasteiger partial charge in [-0.05, 0) is 18.4 Å². The number of rotatable bonds is 5. The van der Waals surface area contributed by atoms with Crippen molar-refractivity contribution < 1.29 is 5.11 Å². The molecule has 0 saturated heterocycles. The van der Waals surface area contributed by atoms with Crippen LogP contribution in [0, 0.1) is 5.92 Å². The number of fused-ring (bicyclic) bond motifs is 1. The first-order valence-corrected chi connectivity index (χ1v) is 7.08. The fraction of sp³-hybridized carbons (Fsp3) is 0.538. The lowest BCUT2D eigenvalue weighted by Gasteiger charge is -2.20. The Morgan fingerprint density at radius 2 is 2.17 bits per heavy atom. The van der Waals surface area contributed by atoms with Gasteiger partial charge in [0, 0.05) is 4.88 Å². The van der Waals surface area contributed by atoms with E-state index < -0.39 is 0 Å². The van der Waals surface area contributed by atoms with Gasteiger partial charge in [0.15, 0.2) is 0 Å². The van der Waals surface area contributed by atoms with Crippen molar-refractivity contribution in [3.05, 3.63) is 17.3 Å². The fourth-order valence-corrected chi connectivity index (χ4v) is 2.73. The van der Waals surface area contributed by atoms with Crippen LogP contribution in [0.25, 0.3) is 10.2 Å². The van der Waals surface area contributed by atoms with E-state index in [0.717, 1.165) is 22.5 Å². The molecule has 0 amide bonds. The van der Waals surface area contributed by atoms with Gasteiger partial charge < -0.3 is 10.4 Å². The van der Waals surface area contributed by atoms with Crippen LogP contribution in [0.3, 0.4) is 0 Å². The minimum atomic E-state index is 0.0214. The van der Waals surface area contributed by atoms with E-state index in [1.165, 1.54) is 4.88 Å². The minimum absolute atomic E-state index is 0.0214. The fourth-order valence-electron chi connectivity index (χ4n) is 1.79. The Hall–Kier alpha value is -1.20. The second kappa shape index (κ2) is 5.63. The number of hydrogen-bond donors (Lipinski definition) is 2. The number of aliphatic hydroxyl groups is 1. The lowest BCUT2D eigenvalue weighted by atomic mass is 10.1. The van der Waals surface area contributed by atoms with Crippen molar-refractivity contribution in [1.82, 2.24) is 9.97 Å². The summed E-state index contributed by atoms with van der Waals surface area (Å²) in [5, 5.41) is 13.7. The number of aromatic nitrogens is 2. The molecule has 2 N–H and O–H groups in total. The molecule has 0 fully saturated rings. The molecule has 0 aromatic carbocycles. The van der Waals surface area contributed by atoms with Crippen molar-refractivity contribution in [2.24, 2.45) is 5.92 Å². The lowest BCUT2D eigenvalue weighted by Crippen LogP contribution is -2.29. The summed E-state index contributed by atoms with van der Waals surface area (Å²) in [5.74, 6) is 1.17. The van der Waals surface area contributed by atoms with Gasteiger partial charge in [-0.2, -0.15) is 0 Å². The van der Waals surface area contributed by atoms with E-state index in [1.807, 2.05) is 0 Å². The van der Waals surface area contributed by atoms with Crippen LogP contribution in [-0.2, 0) is 6.42 Å². The molecule has 2 heterocycles. The number of aliphatic hydroxyl groups excluding tert-OH is 1. The summed E-state index contributed by atoms with van der Waals surface area (Å²) in [7, 11) is 0. The maximum atomic E-state index is 9.38. The van der Waals surface area contributed by atoms with Crippen molar-refractivity contribution in [2.75, 3.05) is 11.9 Å². The molecule has 0 aliphatic carbocycles.